The molecule has 3 aromatic rings. The van der Waals surface area contributed by atoms with Crippen molar-refractivity contribution in [2.75, 3.05) is 5.73 Å². The maximum absolute atomic E-state index is 12.4. The fourth-order valence-corrected chi connectivity index (χ4v) is 3.51. The first kappa shape index (κ1) is 14.6. The molecule has 3 rings (SSSR count). The average Bonchev–Trinajstić information content (AvgIpc) is 3.10. The Kier molecular flexibility index (Phi) is 3.62. The van der Waals surface area contributed by atoms with Crippen molar-refractivity contribution in [1.82, 2.24) is 10.3 Å². The molecule has 0 aliphatic rings. The van der Waals surface area contributed by atoms with Crippen molar-refractivity contribution in [1.29, 1.82) is 0 Å². The summed E-state index contributed by atoms with van der Waals surface area (Å²) >= 11 is 1.33. The molecule has 5 nitrogen and oxygen atoms in total. The van der Waals surface area contributed by atoms with Crippen LogP contribution in [0.5, 0.6) is 0 Å². The molecule has 3 N–H and O–H groups in total. The number of nitrogen functional groups attached to an aromatic ring is 1. The van der Waals surface area contributed by atoms with Gasteiger partial charge >= 0.3 is 0 Å². The van der Waals surface area contributed by atoms with Crippen molar-refractivity contribution in [3.05, 3.63) is 45.9 Å². The highest BCUT2D eigenvalue weighted by atomic mass is 32.1. The van der Waals surface area contributed by atoms with Crippen molar-refractivity contribution in [3.8, 4) is 0 Å². The second kappa shape index (κ2) is 5.46. The lowest BCUT2D eigenvalue weighted by atomic mass is 10.1. The number of aryl methyl sites for hydroxylation is 2. The summed E-state index contributed by atoms with van der Waals surface area (Å²) in [6.07, 6.45) is 1.58. The lowest BCUT2D eigenvalue weighted by Crippen LogP contribution is -2.22. The van der Waals surface area contributed by atoms with E-state index in [0.717, 1.165) is 27.0 Å². The predicted octanol–water partition coefficient (Wildman–Crippen LogP) is 3.33. The smallest absolute Gasteiger partial charge is 0.263 e. The van der Waals surface area contributed by atoms with Crippen LogP contribution in [-0.4, -0.2) is 10.9 Å². The molecule has 3 heterocycles. The van der Waals surface area contributed by atoms with Crippen LogP contribution in [-0.2, 0) is 6.54 Å². The number of hydrogen-bond donors (Lipinski definition) is 2. The van der Waals surface area contributed by atoms with Gasteiger partial charge < -0.3 is 15.5 Å². The van der Waals surface area contributed by atoms with Crippen LogP contribution in [0, 0.1) is 20.8 Å². The van der Waals surface area contributed by atoms with E-state index in [2.05, 4.69) is 10.3 Å². The molecule has 0 saturated heterocycles. The van der Waals surface area contributed by atoms with Crippen LogP contribution in [0.1, 0.15) is 32.3 Å². The van der Waals surface area contributed by atoms with Gasteiger partial charge in [-0.05, 0) is 44.0 Å². The normalized spacial score (nSPS) is 11.0. The van der Waals surface area contributed by atoms with Gasteiger partial charge in [-0.3, -0.25) is 4.79 Å². The minimum atomic E-state index is -0.202. The quantitative estimate of drug-likeness (QED) is 0.777. The topological polar surface area (TPSA) is 81.2 Å². The van der Waals surface area contributed by atoms with E-state index in [4.69, 9.17) is 10.2 Å². The van der Waals surface area contributed by atoms with Crippen molar-refractivity contribution >= 4 is 33.1 Å². The van der Waals surface area contributed by atoms with Crippen molar-refractivity contribution in [3.63, 3.8) is 0 Å². The maximum atomic E-state index is 12.4. The van der Waals surface area contributed by atoms with Crippen LogP contribution < -0.4 is 11.1 Å². The Labute approximate surface area is 132 Å². The van der Waals surface area contributed by atoms with Crippen LogP contribution in [0.2, 0.25) is 0 Å². The van der Waals surface area contributed by atoms with Crippen molar-refractivity contribution in [2.24, 2.45) is 0 Å². The molecule has 0 spiro atoms. The maximum Gasteiger partial charge on any atom is 0.263 e. The molecule has 0 fully saturated rings. The van der Waals surface area contributed by atoms with Crippen LogP contribution in [0.3, 0.4) is 0 Å². The van der Waals surface area contributed by atoms with Gasteiger partial charge in [-0.15, -0.1) is 11.3 Å². The summed E-state index contributed by atoms with van der Waals surface area (Å²) in [6, 6.07) is 3.60. The summed E-state index contributed by atoms with van der Waals surface area (Å²) in [5.41, 5.74) is 9.86. The summed E-state index contributed by atoms with van der Waals surface area (Å²) in [6.45, 7) is 6.34. The van der Waals surface area contributed by atoms with Gasteiger partial charge in [0.15, 0.2) is 0 Å². The van der Waals surface area contributed by atoms with Crippen molar-refractivity contribution < 1.29 is 9.21 Å². The first-order chi connectivity index (χ1) is 10.5. The van der Waals surface area contributed by atoms with E-state index in [9.17, 15) is 4.79 Å². The van der Waals surface area contributed by atoms with Crippen molar-refractivity contribution in [2.45, 2.75) is 27.3 Å². The second-order valence-electron chi connectivity index (χ2n) is 5.23. The van der Waals surface area contributed by atoms with E-state index in [0.29, 0.717) is 22.9 Å². The number of fused-ring (bicyclic) bond motifs is 1. The van der Waals surface area contributed by atoms with Gasteiger partial charge in [-0.1, -0.05) is 0 Å². The van der Waals surface area contributed by atoms with Gasteiger partial charge in [0.05, 0.1) is 18.5 Å². The molecular formula is C16H17N3O2S. The monoisotopic (exact) mass is 315 g/mol. The Balaban J connectivity index is 1.95. The highest BCUT2D eigenvalue weighted by Crippen LogP contribution is 2.36. The largest absolute Gasteiger partial charge is 0.467 e. The SMILES string of the molecule is Cc1nc2sc(C(=O)NCc3ccco3)c(N)c2c(C)c1C. The average molecular weight is 315 g/mol. The molecule has 114 valence electrons. The van der Waals surface area contributed by atoms with E-state index in [1.807, 2.05) is 26.8 Å². The number of carbonyl (C=O) groups excluding carboxylic acids is 1. The van der Waals surface area contributed by atoms with E-state index in [1.54, 1.807) is 12.3 Å². The molecule has 1 amide bonds. The summed E-state index contributed by atoms with van der Waals surface area (Å²) in [5.74, 6) is 0.501. The molecule has 0 bridgehead atoms. The molecular weight excluding hydrogens is 298 g/mol. The Morgan fingerprint density at radius 2 is 2.14 bits per heavy atom. The first-order valence-electron chi connectivity index (χ1n) is 6.95. The zero-order valence-corrected chi connectivity index (χ0v) is 13.5. The lowest BCUT2D eigenvalue weighted by molar-refractivity contribution is 0.0953. The molecule has 0 aliphatic heterocycles. The molecule has 0 radical (unpaired) electrons. The van der Waals surface area contributed by atoms with E-state index in [1.165, 1.54) is 11.3 Å². The number of rotatable bonds is 3. The zero-order valence-electron chi connectivity index (χ0n) is 12.7. The zero-order chi connectivity index (χ0) is 15.9. The summed E-state index contributed by atoms with van der Waals surface area (Å²) < 4.78 is 5.20. The van der Waals surface area contributed by atoms with E-state index in [-0.39, 0.29) is 5.91 Å². The fourth-order valence-electron chi connectivity index (χ4n) is 2.40. The van der Waals surface area contributed by atoms with Gasteiger partial charge in [0.1, 0.15) is 15.5 Å². The number of nitrogens with one attached hydrogen (secondary N) is 1. The van der Waals surface area contributed by atoms with Gasteiger partial charge in [0.25, 0.3) is 5.91 Å². The molecule has 0 unspecified atom stereocenters. The number of pyridine rings is 1. The number of aromatic nitrogens is 1. The van der Waals surface area contributed by atoms with Gasteiger partial charge in [0, 0.05) is 11.1 Å². The molecule has 0 aliphatic carbocycles. The highest BCUT2D eigenvalue weighted by molar-refractivity contribution is 7.21. The van der Waals surface area contributed by atoms with Crippen LogP contribution in [0.4, 0.5) is 5.69 Å². The number of furan rings is 1. The highest BCUT2D eigenvalue weighted by Gasteiger charge is 2.20. The molecule has 3 aromatic heterocycles. The standard InChI is InChI=1S/C16H17N3O2S/c1-8-9(2)12-13(17)14(22-16(12)19-10(8)3)15(20)18-7-11-5-4-6-21-11/h4-6H,7,17H2,1-3H3,(H,18,20). The molecule has 22 heavy (non-hydrogen) atoms. The number of nitrogens with zero attached hydrogens (tertiary/aromatic N) is 1. The molecule has 0 aromatic carbocycles. The Morgan fingerprint density at radius 3 is 2.82 bits per heavy atom. The van der Waals surface area contributed by atoms with E-state index < -0.39 is 0 Å². The summed E-state index contributed by atoms with van der Waals surface area (Å²) in [5, 5.41) is 3.71. The summed E-state index contributed by atoms with van der Waals surface area (Å²) in [7, 11) is 0. The number of thiophene rings is 1. The van der Waals surface area contributed by atoms with Gasteiger partial charge in [-0.25, -0.2) is 4.98 Å². The minimum Gasteiger partial charge on any atom is -0.467 e. The number of carbonyl (C=O) groups is 1. The number of anilines is 1. The minimum absolute atomic E-state index is 0.202. The predicted molar refractivity (Wildman–Crippen MR) is 88.1 cm³/mol. The van der Waals surface area contributed by atoms with Crippen LogP contribution in [0.15, 0.2) is 22.8 Å². The third kappa shape index (κ3) is 2.35. The lowest BCUT2D eigenvalue weighted by Gasteiger charge is -2.06. The Morgan fingerprint density at radius 1 is 1.36 bits per heavy atom. The molecule has 0 atom stereocenters. The van der Waals surface area contributed by atoms with Gasteiger partial charge in [0.2, 0.25) is 0 Å². The Bertz CT molecular complexity index is 850. The molecule has 0 saturated carbocycles. The number of nitrogens with two attached hydrogens (primary N) is 1. The third-order valence-electron chi connectivity index (χ3n) is 3.89. The van der Waals surface area contributed by atoms with Crippen LogP contribution >= 0.6 is 11.3 Å². The van der Waals surface area contributed by atoms with Crippen LogP contribution in [0.25, 0.3) is 10.2 Å². The fraction of sp³-hybridized carbons (Fsp3) is 0.250. The summed E-state index contributed by atoms with van der Waals surface area (Å²) in [4.78, 5) is 18.2. The van der Waals surface area contributed by atoms with Gasteiger partial charge in [-0.2, -0.15) is 0 Å². The molecule has 6 heteroatoms. The Hall–Kier alpha value is -2.34. The number of amides is 1. The van der Waals surface area contributed by atoms with E-state index >= 15 is 0 Å². The number of hydrogen-bond acceptors (Lipinski definition) is 5. The first-order valence-corrected chi connectivity index (χ1v) is 7.77. The second-order valence-corrected chi connectivity index (χ2v) is 6.23. The third-order valence-corrected chi connectivity index (χ3v) is 4.98.